The summed E-state index contributed by atoms with van der Waals surface area (Å²) in [6, 6.07) is 3.12. The maximum absolute atomic E-state index is 11.0. The van der Waals surface area contributed by atoms with Crippen LogP contribution in [-0.2, 0) is 0 Å². The Labute approximate surface area is 90.8 Å². The van der Waals surface area contributed by atoms with Crippen LogP contribution in [0.3, 0.4) is 0 Å². The van der Waals surface area contributed by atoms with Crippen molar-refractivity contribution in [1.29, 1.82) is 0 Å². The van der Waals surface area contributed by atoms with Gasteiger partial charge in [0, 0.05) is 23.5 Å². The number of nitrogen functional groups attached to an aromatic ring is 1. The molecule has 0 aliphatic carbocycles. The quantitative estimate of drug-likeness (QED) is 0.770. The van der Waals surface area contributed by atoms with Gasteiger partial charge in [0.2, 0.25) is 0 Å². The molecule has 0 spiro atoms. The summed E-state index contributed by atoms with van der Waals surface area (Å²) >= 11 is 0. The third kappa shape index (κ3) is 1.81. The zero-order chi connectivity index (χ0) is 11.5. The summed E-state index contributed by atoms with van der Waals surface area (Å²) < 4.78 is 0. The van der Waals surface area contributed by atoms with E-state index in [1.807, 2.05) is 0 Å². The second-order valence-corrected chi connectivity index (χ2v) is 3.06. The Morgan fingerprint density at radius 1 is 1.25 bits per heavy atom. The topological polar surface area (TPSA) is 102 Å². The molecular weight excluding hydrogens is 208 g/mol. The molecule has 2 heterocycles. The summed E-state index contributed by atoms with van der Waals surface area (Å²) in [4.78, 5) is 22.4. The fourth-order valence-corrected chi connectivity index (χ4v) is 1.31. The number of hydrogen-bond donors (Lipinski definition) is 2. The summed E-state index contributed by atoms with van der Waals surface area (Å²) in [5.74, 6) is -0.968. The van der Waals surface area contributed by atoms with E-state index in [0.717, 1.165) is 0 Å². The molecule has 80 valence electrons. The van der Waals surface area contributed by atoms with Gasteiger partial charge in [-0.2, -0.15) is 0 Å². The van der Waals surface area contributed by atoms with E-state index in [-0.39, 0.29) is 11.5 Å². The van der Waals surface area contributed by atoms with Crippen LogP contribution in [0.15, 0.2) is 30.9 Å². The van der Waals surface area contributed by atoms with E-state index in [1.165, 1.54) is 24.8 Å². The molecule has 0 bridgehead atoms. The van der Waals surface area contributed by atoms with Gasteiger partial charge in [-0.3, -0.25) is 0 Å². The Morgan fingerprint density at radius 2 is 1.94 bits per heavy atom. The third-order valence-corrected chi connectivity index (χ3v) is 1.99. The van der Waals surface area contributed by atoms with E-state index in [0.29, 0.717) is 11.1 Å². The minimum atomic E-state index is -1.13. The van der Waals surface area contributed by atoms with Crippen molar-refractivity contribution in [1.82, 2.24) is 15.0 Å². The molecule has 6 nitrogen and oxygen atoms in total. The lowest BCUT2D eigenvalue weighted by Crippen LogP contribution is -2.05. The van der Waals surface area contributed by atoms with Crippen molar-refractivity contribution < 1.29 is 9.90 Å². The van der Waals surface area contributed by atoms with Crippen LogP contribution in [-0.4, -0.2) is 26.0 Å². The van der Waals surface area contributed by atoms with Gasteiger partial charge in [-0.1, -0.05) is 0 Å². The number of nitrogens with zero attached hydrogens (tertiary/aromatic N) is 3. The highest BCUT2D eigenvalue weighted by molar-refractivity contribution is 5.94. The number of carbonyl (C=O) groups is 1. The van der Waals surface area contributed by atoms with Crippen LogP contribution in [0.5, 0.6) is 0 Å². The van der Waals surface area contributed by atoms with Crippen molar-refractivity contribution in [3.05, 3.63) is 36.5 Å². The number of hydrogen-bond acceptors (Lipinski definition) is 5. The Balaban J connectivity index is 2.61. The van der Waals surface area contributed by atoms with E-state index >= 15 is 0 Å². The first kappa shape index (κ1) is 10.0. The summed E-state index contributed by atoms with van der Waals surface area (Å²) in [6.07, 6.45) is 4.41. The predicted molar refractivity (Wildman–Crippen MR) is 56.6 cm³/mol. The molecule has 6 heteroatoms. The van der Waals surface area contributed by atoms with Gasteiger partial charge >= 0.3 is 5.97 Å². The highest BCUT2D eigenvalue weighted by Gasteiger charge is 2.14. The zero-order valence-electron chi connectivity index (χ0n) is 8.16. The number of carboxylic acids is 1. The predicted octanol–water partition coefficient (Wildman–Crippen LogP) is 0.819. The second-order valence-electron chi connectivity index (χ2n) is 3.06. The van der Waals surface area contributed by atoms with Crippen LogP contribution in [0, 0.1) is 0 Å². The number of pyridine rings is 1. The Kier molecular flexibility index (Phi) is 2.47. The lowest BCUT2D eigenvalue weighted by molar-refractivity contribution is 0.0691. The number of aromatic carboxylic acids is 1. The molecule has 0 atom stereocenters. The van der Waals surface area contributed by atoms with Gasteiger partial charge in [-0.25, -0.2) is 19.7 Å². The van der Waals surface area contributed by atoms with E-state index in [4.69, 9.17) is 10.8 Å². The fraction of sp³-hybridized carbons (Fsp3) is 0. The van der Waals surface area contributed by atoms with Crippen LogP contribution in [0.2, 0.25) is 0 Å². The van der Waals surface area contributed by atoms with Gasteiger partial charge in [-0.05, 0) is 12.1 Å². The first-order chi connectivity index (χ1) is 7.68. The minimum Gasteiger partial charge on any atom is -0.476 e. The fourth-order valence-electron chi connectivity index (χ4n) is 1.31. The van der Waals surface area contributed by atoms with Crippen molar-refractivity contribution >= 4 is 11.8 Å². The summed E-state index contributed by atoms with van der Waals surface area (Å²) in [6.45, 7) is 0. The van der Waals surface area contributed by atoms with Crippen LogP contribution >= 0.6 is 0 Å². The molecule has 0 fully saturated rings. The van der Waals surface area contributed by atoms with Crippen molar-refractivity contribution in [2.75, 3.05) is 5.73 Å². The van der Waals surface area contributed by atoms with Crippen LogP contribution < -0.4 is 5.73 Å². The molecule has 2 aromatic heterocycles. The molecule has 2 aromatic rings. The minimum absolute atomic E-state index is 0.102. The van der Waals surface area contributed by atoms with Gasteiger partial charge in [0.05, 0.1) is 0 Å². The monoisotopic (exact) mass is 216 g/mol. The SMILES string of the molecule is Nc1ccc(-c2cncnc2)c(C(=O)O)n1. The largest absolute Gasteiger partial charge is 0.476 e. The highest BCUT2D eigenvalue weighted by atomic mass is 16.4. The van der Waals surface area contributed by atoms with Crippen molar-refractivity contribution in [3.8, 4) is 11.1 Å². The van der Waals surface area contributed by atoms with Crippen LogP contribution in [0.1, 0.15) is 10.5 Å². The van der Waals surface area contributed by atoms with Crippen molar-refractivity contribution in [2.45, 2.75) is 0 Å². The second kappa shape index (κ2) is 3.93. The molecular formula is C10H8N4O2. The number of aromatic nitrogens is 3. The van der Waals surface area contributed by atoms with Gasteiger partial charge in [0.15, 0.2) is 5.69 Å². The van der Waals surface area contributed by atoms with Crippen LogP contribution in [0.25, 0.3) is 11.1 Å². The molecule has 0 aliphatic rings. The molecule has 16 heavy (non-hydrogen) atoms. The molecule has 0 aliphatic heterocycles. The molecule has 0 unspecified atom stereocenters. The number of rotatable bonds is 2. The molecule has 3 N–H and O–H groups in total. The number of nitrogens with two attached hydrogens (primary N) is 1. The van der Waals surface area contributed by atoms with Crippen molar-refractivity contribution in [3.63, 3.8) is 0 Å². The average Bonchev–Trinajstić information content (AvgIpc) is 2.30. The summed E-state index contributed by atoms with van der Waals surface area (Å²) in [7, 11) is 0. The maximum Gasteiger partial charge on any atom is 0.355 e. The van der Waals surface area contributed by atoms with Gasteiger partial charge in [0.25, 0.3) is 0 Å². The van der Waals surface area contributed by atoms with Gasteiger partial charge in [0.1, 0.15) is 12.1 Å². The third-order valence-electron chi connectivity index (χ3n) is 1.99. The Hall–Kier alpha value is -2.50. The summed E-state index contributed by atoms with van der Waals surface area (Å²) in [5, 5.41) is 8.99. The molecule has 2 rings (SSSR count). The molecule has 0 radical (unpaired) electrons. The van der Waals surface area contributed by atoms with E-state index < -0.39 is 5.97 Å². The van der Waals surface area contributed by atoms with E-state index in [1.54, 1.807) is 6.07 Å². The Bertz CT molecular complexity index is 528. The molecule has 0 saturated carbocycles. The highest BCUT2D eigenvalue weighted by Crippen LogP contribution is 2.21. The van der Waals surface area contributed by atoms with Gasteiger partial charge < -0.3 is 10.8 Å². The summed E-state index contributed by atoms with van der Waals surface area (Å²) in [5.41, 5.74) is 6.37. The van der Waals surface area contributed by atoms with Gasteiger partial charge in [-0.15, -0.1) is 0 Å². The first-order valence-corrected chi connectivity index (χ1v) is 4.43. The zero-order valence-corrected chi connectivity index (χ0v) is 8.16. The standard InChI is InChI=1S/C10H8N4O2/c11-8-2-1-7(9(14-8)10(15)16)6-3-12-5-13-4-6/h1-5H,(H2,11,14)(H,15,16). The normalized spacial score (nSPS) is 10.0. The van der Waals surface area contributed by atoms with Crippen LogP contribution in [0.4, 0.5) is 5.82 Å². The Morgan fingerprint density at radius 3 is 2.56 bits per heavy atom. The molecule has 0 saturated heterocycles. The lowest BCUT2D eigenvalue weighted by Gasteiger charge is -2.04. The van der Waals surface area contributed by atoms with E-state index in [9.17, 15) is 4.79 Å². The van der Waals surface area contributed by atoms with Crippen molar-refractivity contribution in [2.24, 2.45) is 0 Å². The molecule has 0 aromatic carbocycles. The average molecular weight is 216 g/mol. The maximum atomic E-state index is 11.0. The number of carboxylic acid groups (broad SMARTS) is 1. The molecule has 0 amide bonds. The van der Waals surface area contributed by atoms with E-state index in [2.05, 4.69) is 15.0 Å². The smallest absolute Gasteiger partial charge is 0.355 e. The lowest BCUT2D eigenvalue weighted by atomic mass is 10.1. The number of anilines is 1. The first-order valence-electron chi connectivity index (χ1n) is 4.43.